The van der Waals surface area contributed by atoms with Crippen LogP contribution in [0.1, 0.15) is 35.6 Å². The Morgan fingerprint density at radius 3 is 1.94 bits per heavy atom. The van der Waals surface area contributed by atoms with Crippen LogP contribution in [-0.2, 0) is 14.3 Å². The second-order valence-electron chi connectivity index (χ2n) is 8.38. The highest BCUT2D eigenvalue weighted by molar-refractivity contribution is 5.90. The average Bonchev–Trinajstić information content (AvgIpc) is 3.18. The molecule has 3 aromatic rings. The molecule has 180 valence electrons. The highest BCUT2D eigenvalue weighted by Crippen LogP contribution is 2.44. The Balaban J connectivity index is 1.49. The lowest BCUT2D eigenvalue weighted by Gasteiger charge is -2.23. The molecular formula is C27H26N2O6. The number of hydrogen-bond donors (Lipinski definition) is 4. The molecule has 3 aromatic carbocycles. The van der Waals surface area contributed by atoms with Crippen molar-refractivity contribution in [1.82, 2.24) is 10.6 Å². The number of carbonyl (C=O) groups excluding carboxylic acids is 2. The SMILES string of the molecule is CC(O)C(NC(=O)[C@H](NC(=O)OCC1c2ccccc2-c2ccccc21)c1ccccc1)C(=O)O. The smallest absolute Gasteiger partial charge is 0.408 e. The Hall–Kier alpha value is -4.17. The van der Waals surface area contributed by atoms with Gasteiger partial charge in [-0.2, -0.15) is 0 Å². The lowest BCUT2D eigenvalue weighted by molar-refractivity contribution is -0.145. The van der Waals surface area contributed by atoms with E-state index in [0.717, 1.165) is 22.3 Å². The molecule has 8 heteroatoms. The molecule has 2 unspecified atom stereocenters. The summed E-state index contributed by atoms with van der Waals surface area (Å²) in [7, 11) is 0. The number of carbonyl (C=O) groups is 3. The van der Waals surface area contributed by atoms with Crippen molar-refractivity contribution in [1.29, 1.82) is 0 Å². The van der Waals surface area contributed by atoms with Gasteiger partial charge in [0, 0.05) is 5.92 Å². The number of benzene rings is 3. The Morgan fingerprint density at radius 1 is 0.857 bits per heavy atom. The van der Waals surface area contributed by atoms with Crippen LogP contribution in [0.5, 0.6) is 0 Å². The zero-order valence-electron chi connectivity index (χ0n) is 19.0. The number of aliphatic carboxylic acids is 1. The first-order chi connectivity index (χ1) is 16.9. The maximum atomic E-state index is 12.9. The van der Waals surface area contributed by atoms with Gasteiger partial charge in [-0.25, -0.2) is 9.59 Å². The van der Waals surface area contributed by atoms with E-state index in [1.54, 1.807) is 30.3 Å². The van der Waals surface area contributed by atoms with Gasteiger partial charge in [-0.3, -0.25) is 4.79 Å². The van der Waals surface area contributed by atoms with E-state index in [-0.39, 0.29) is 12.5 Å². The number of alkyl carbamates (subject to hydrolysis) is 1. The molecule has 3 atom stereocenters. The van der Waals surface area contributed by atoms with Gasteiger partial charge in [0.2, 0.25) is 5.91 Å². The summed E-state index contributed by atoms with van der Waals surface area (Å²) in [6.07, 6.45) is -2.15. The van der Waals surface area contributed by atoms with Crippen molar-refractivity contribution in [3.05, 3.63) is 95.6 Å². The van der Waals surface area contributed by atoms with Crippen molar-refractivity contribution < 1.29 is 29.3 Å². The zero-order chi connectivity index (χ0) is 24.9. The molecule has 0 fully saturated rings. The maximum absolute atomic E-state index is 12.9. The number of rotatable bonds is 8. The number of carboxylic acid groups (broad SMARTS) is 1. The molecule has 1 aliphatic carbocycles. The van der Waals surface area contributed by atoms with Gasteiger partial charge >= 0.3 is 12.1 Å². The summed E-state index contributed by atoms with van der Waals surface area (Å²) < 4.78 is 5.55. The maximum Gasteiger partial charge on any atom is 0.408 e. The minimum Gasteiger partial charge on any atom is -0.480 e. The second kappa shape index (κ2) is 10.4. The van der Waals surface area contributed by atoms with Gasteiger partial charge < -0.3 is 25.6 Å². The molecule has 0 heterocycles. The number of carboxylic acids is 1. The minimum atomic E-state index is -1.53. The molecule has 8 nitrogen and oxygen atoms in total. The summed E-state index contributed by atoms with van der Waals surface area (Å²) in [6, 6.07) is 21.5. The summed E-state index contributed by atoms with van der Waals surface area (Å²) in [5, 5.41) is 23.9. The van der Waals surface area contributed by atoms with Crippen LogP contribution < -0.4 is 10.6 Å². The normalized spacial score (nSPS) is 14.7. The van der Waals surface area contributed by atoms with Crippen LogP contribution in [0.25, 0.3) is 11.1 Å². The van der Waals surface area contributed by atoms with E-state index in [9.17, 15) is 24.6 Å². The Morgan fingerprint density at radius 2 is 1.40 bits per heavy atom. The highest BCUT2D eigenvalue weighted by atomic mass is 16.5. The monoisotopic (exact) mass is 474 g/mol. The molecular weight excluding hydrogens is 448 g/mol. The molecule has 2 amide bonds. The lowest BCUT2D eigenvalue weighted by Crippen LogP contribution is -2.51. The van der Waals surface area contributed by atoms with Gasteiger partial charge in [0.25, 0.3) is 0 Å². The molecule has 0 saturated carbocycles. The predicted octanol–water partition coefficient (Wildman–Crippen LogP) is 3.22. The molecule has 35 heavy (non-hydrogen) atoms. The molecule has 0 radical (unpaired) electrons. The van der Waals surface area contributed by atoms with Crippen molar-refractivity contribution in [3.8, 4) is 11.1 Å². The average molecular weight is 475 g/mol. The van der Waals surface area contributed by atoms with Crippen LogP contribution in [0.3, 0.4) is 0 Å². The largest absolute Gasteiger partial charge is 0.480 e. The first-order valence-corrected chi connectivity index (χ1v) is 11.2. The molecule has 0 spiro atoms. The van der Waals surface area contributed by atoms with Crippen molar-refractivity contribution in [3.63, 3.8) is 0 Å². The number of nitrogens with one attached hydrogen (secondary N) is 2. The number of amides is 2. The van der Waals surface area contributed by atoms with E-state index in [0.29, 0.717) is 5.56 Å². The van der Waals surface area contributed by atoms with E-state index in [2.05, 4.69) is 10.6 Å². The van der Waals surface area contributed by atoms with Gasteiger partial charge in [-0.1, -0.05) is 78.9 Å². The minimum absolute atomic E-state index is 0.0639. The van der Waals surface area contributed by atoms with E-state index in [1.165, 1.54) is 6.92 Å². The van der Waals surface area contributed by atoms with Gasteiger partial charge in [-0.15, -0.1) is 0 Å². The van der Waals surface area contributed by atoms with E-state index < -0.39 is 36.2 Å². The molecule has 4 N–H and O–H groups in total. The van der Waals surface area contributed by atoms with Gasteiger partial charge in [0.1, 0.15) is 12.6 Å². The fraction of sp³-hybridized carbons (Fsp3) is 0.222. The number of fused-ring (bicyclic) bond motifs is 3. The number of aliphatic hydroxyl groups is 1. The summed E-state index contributed by atoms with van der Waals surface area (Å²) >= 11 is 0. The van der Waals surface area contributed by atoms with Gasteiger partial charge in [0.15, 0.2) is 6.04 Å². The number of aliphatic hydroxyl groups excluding tert-OH is 1. The fourth-order valence-corrected chi connectivity index (χ4v) is 4.33. The fourth-order valence-electron chi connectivity index (χ4n) is 4.33. The summed E-state index contributed by atoms with van der Waals surface area (Å²) in [5.74, 6) is -2.32. The van der Waals surface area contributed by atoms with Gasteiger partial charge in [0.05, 0.1) is 6.10 Å². The van der Waals surface area contributed by atoms with Crippen molar-refractivity contribution in [2.45, 2.75) is 31.0 Å². The third kappa shape index (κ3) is 5.17. The third-order valence-electron chi connectivity index (χ3n) is 6.05. The standard InChI is InChI=1S/C27H26N2O6/c1-16(30)23(26(32)33)28-25(31)24(17-9-3-2-4-10-17)29-27(34)35-15-22-20-13-7-5-11-18(20)19-12-6-8-14-21(19)22/h2-14,16,22-24,30H,15H2,1H3,(H,28,31)(H,29,34)(H,32,33)/t16?,23?,24-/m1/s1. The second-order valence-corrected chi connectivity index (χ2v) is 8.38. The summed E-state index contributed by atoms with van der Waals surface area (Å²) in [5.41, 5.74) is 4.74. The molecule has 1 aliphatic rings. The quantitative estimate of drug-likeness (QED) is 0.397. The topological polar surface area (TPSA) is 125 Å². The van der Waals surface area contributed by atoms with E-state index >= 15 is 0 Å². The predicted molar refractivity (Wildman–Crippen MR) is 129 cm³/mol. The van der Waals surface area contributed by atoms with Crippen LogP contribution in [0.2, 0.25) is 0 Å². The third-order valence-corrected chi connectivity index (χ3v) is 6.05. The number of hydrogen-bond acceptors (Lipinski definition) is 5. The molecule has 0 saturated heterocycles. The Labute approximate surface area is 202 Å². The van der Waals surface area contributed by atoms with E-state index in [4.69, 9.17) is 4.74 Å². The molecule has 0 aromatic heterocycles. The molecule has 4 rings (SSSR count). The van der Waals surface area contributed by atoms with Crippen LogP contribution in [0, 0.1) is 0 Å². The van der Waals surface area contributed by atoms with Crippen LogP contribution in [-0.4, -0.2) is 46.9 Å². The van der Waals surface area contributed by atoms with Crippen molar-refractivity contribution in [2.24, 2.45) is 0 Å². The lowest BCUT2D eigenvalue weighted by atomic mass is 9.98. The van der Waals surface area contributed by atoms with Crippen LogP contribution >= 0.6 is 0 Å². The van der Waals surface area contributed by atoms with Gasteiger partial charge in [-0.05, 0) is 34.7 Å². The summed E-state index contributed by atoms with van der Waals surface area (Å²) in [6.45, 7) is 1.32. The van der Waals surface area contributed by atoms with Crippen LogP contribution in [0.4, 0.5) is 4.79 Å². The molecule has 0 bridgehead atoms. The first-order valence-electron chi connectivity index (χ1n) is 11.2. The number of ether oxygens (including phenoxy) is 1. The van der Waals surface area contributed by atoms with E-state index in [1.807, 2.05) is 48.5 Å². The molecule has 0 aliphatic heterocycles. The Bertz CT molecular complexity index is 1180. The van der Waals surface area contributed by atoms with Crippen molar-refractivity contribution in [2.75, 3.05) is 6.61 Å². The highest BCUT2D eigenvalue weighted by Gasteiger charge is 2.32. The summed E-state index contributed by atoms with van der Waals surface area (Å²) in [4.78, 5) is 37.1. The Kier molecular flexibility index (Phi) is 7.12. The van der Waals surface area contributed by atoms with Crippen LogP contribution in [0.15, 0.2) is 78.9 Å². The van der Waals surface area contributed by atoms with Crippen molar-refractivity contribution >= 4 is 18.0 Å². The first kappa shape index (κ1) is 24.0. The zero-order valence-corrected chi connectivity index (χ0v) is 19.0.